The van der Waals surface area contributed by atoms with Gasteiger partial charge in [0.15, 0.2) is 6.29 Å². The normalized spacial score (nSPS) is 22.0. The van der Waals surface area contributed by atoms with E-state index in [1.807, 2.05) is 0 Å². The lowest BCUT2D eigenvalue weighted by Gasteiger charge is -2.06. The Morgan fingerprint density at radius 2 is 2.69 bits per heavy atom. The van der Waals surface area contributed by atoms with Gasteiger partial charge in [0.2, 0.25) is 0 Å². The third-order valence-electron chi connectivity index (χ3n) is 2.40. The molecule has 1 aliphatic heterocycles. The lowest BCUT2D eigenvalue weighted by molar-refractivity contribution is 0.112. The number of carbonyl (C=O) groups excluding carboxylic acids is 1. The highest BCUT2D eigenvalue weighted by atomic mass is 16.5. The molecule has 4 nitrogen and oxygen atoms in total. The monoisotopic (exact) mass is 180 g/mol. The Hall–Kier alpha value is -1.16. The summed E-state index contributed by atoms with van der Waals surface area (Å²) in [5.41, 5.74) is 0.577. The second-order valence-electron chi connectivity index (χ2n) is 3.32. The molecule has 0 aromatic carbocycles. The molecule has 0 spiro atoms. The second kappa shape index (κ2) is 3.70. The number of nitrogens with zero attached hydrogens (tertiary/aromatic N) is 1. The van der Waals surface area contributed by atoms with Crippen molar-refractivity contribution in [2.45, 2.75) is 25.3 Å². The van der Waals surface area contributed by atoms with Crippen LogP contribution in [-0.4, -0.2) is 24.0 Å². The summed E-state index contributed by atoms with van der Waals surface area (Å²) in [5, 5.41) is 6.94. The smallest absolute Gasteiger partial charge is 0.155 e. The summed E-state index contributed by atoms with van der Waals surface area (Å²) >= 11 is 0. The first kappa shape index (κ1) is 8.44. The number of hydrogen-bond donors (Lipinski definition) is 1. The van der Waals surface area contributed by atoms with Crippen LogP contribution in [-0.2, 0) is 6.42 Å². The summed E-state index contributed by atoms with van der Waals surface area (Å²) in [5.74, 6) is 0.703. The van der Waals surface area contributed by atoms with E-state index in [0.717, 1.165) is 25.7 Å². The van der Waals surface area contributed by atoms with E-state index in [1.54, 1.807) is 0 Å². The highest BCUT2D eigenvalue weighted by molar-refractivity contribution is 5.75. The number of carbonyl (C=O) groups is 1. The van der Waals surface area contributed by atoms with E-state index in [1.165, 1.54) is 12.6 Å². The fourth-order valence-corrected chi connectivity index (χ4v) is 1.68. The minimum atomic E-state index is 0.451. The Morgan fingerprint density at radius 3 is 3.38 bits per heavy atom. The Labute approximate surface area is 76.3 Å². The summed E-state index contributed by atoms with van der Waals surface area (Å²) in [6, 6.07) is 0.451. The van der Waals surface area contributed by atoms with Crippen molar-refractivity contribution >= 4 is 6.29 Å². The van der Waals surface area contributed by atoms with E-state index in [2.05, 4.69) is 10.5 Å². The fourth-order valence-electron chi connectivity index (χ4n) is 1.68. The molecule has 13 heavy (non-hydrogen) atoms. The Morgan fingerprint density at radius 1 is 1.77 bits per heavy atom. The van der Waals surface area contributed by atoms with E-state index in [9.17, 15) is 4.79 Å². The van der Waals surface area contributed by atoms with Gasteiger partial charge in [-0.05, 0) is 19.4 Å². The lowest BCUT2D eigenvalue weighted by Crippen LogP contribution is -2.23. The first-order valence-corrected chi connectivity index (χ1v) is 4.52. The molecule has 0 radical (unpaired) electrons. The zero-order valence-electron chi connectivity index (χ0n) is 7.32. The molecule has 4 heteroatoms. The molecule has 2 rings (SSSR count). The second-order valence-corrected chi connectivity index (χ2v) is 3.32. The number of aromatic nitrogens is 1. The summed E-state index contributed by atoms with van der Waals surface area (Å²) in [4.78, 5) is 10.5. The average Bonchev–Trinajstić information content (AvgIpc) is 2.76. The van der Waals surface area contributed by atoms with Gasteiger partial charge in [0.05, 0.1) is 11.8 Å². The zero-order chi connectivity index (χ0) is 9.10. The van der Waals surface area contributed by atoms with Crippen LogP contribution in [0.3, 0.4) is 0 Å². The third kappa shape index (κ3) is 1.78. The quantitative estimate of drug-likeness (QED) is 0.698. The molecule has 2 heterocycles. The standard InChI is InChI=1S/C9H12N2O2/c12-6-7-5-11-13-9(7)4-8-2-1-3-10-8/h5-6,8,10H,1-4H2. The molecular weight excluding hydrogens is 168 g/mol. The van der Waals surface area contributed by atoms with Gasteiger partial charge in [-0.15, -0.1) is 0 Å². The highest BCUT2D eigenvalue weighted by Crippen LogP contribution is 2.14. The largest absolute Gasteiger partial charge is 0.361 e. The maximum Gasteiger partial charge on any atom is 0.155 e. The molecular formula is C9H12N2O2. The van der Waals surface area contributed by atoms with Gasteiger partial charge in [-0.1, -0.05) is 5.16 Å². The molecule has 0 aliphatic carbocycles. The average molecular weight is 180 g/mol. The minimum Gasteiger partial charge on any atom is -0.361 e. The van der Waals surface area contributed by atoms with E-state index in [4.69, 9.17) is 4.52 Å². The molecule has 1 aromatic rings. The molecule has 1 atom stereocenters. The Balaban J connectivity index is 2.03. The van der Waals surface area contributed by atoms with E-state index in [-0.39, 0.29) is 0 Å². The number of rotatable bonds is 3. The molecule has 1 fully saturated rings. The van der Waals surface area contributed by atoms with Crippen molar-refractivity contribution in [2.24, 2.45) is 0 Å². The Bertz CT molecular complexity index is 290. The van der Waals surface area contributed by atoms with Gasteiger partial charge in [0.1, 0.15) is 5.76 Å². The fraction of sp³-hybridized carbons (Fsp3) is 0.556. The lowest BCUT2D eigenvalue weighted by atomic mass is 10.1. The molecule has 1 N–H and O–H groups in total. The first-order chi connectivity index (χ1) is 6.40. The third-order valence-corrected chi connectivity index (χ3v) is 2.40. The summed E-state index contributed by atoms with van der Waals surface area (Å²) in [6.45, 7) is 1.06. The van der Waals surface area contributed by atoms with Crippen LogP contribution in [0.4, 0.5) is 0 Å². The molecule has 1 unspecified atom stereocenters. The van der Waals surface area contributed by atoms with Gasteiger partial charge < -0.3 is 9.84 Å². The summed E-state index contributed by atoms with van der Waals surface area (Å²) in [6.07, 6.45) is 5.39. The number of hydrogen-bond acceptors (Lipinski definition) is 4. The maximum atomic E-state index is 10.5. The van der Waals surface area contributed by atoms with Gasteiger partial charge in [-0.2, -0.15) is 0 Å². The van der Waals surface area contributed by atoms with Crippen LogP contribution in [0.1, 0.15) is 29.0 Å². The zero-order valence-corrected chi connectivity index (χ0v) is 7.32. The molecule has 1 saturated heterocycles. The van der Waals surface area contributed by atoms with E-state index < -0.39 is 0 Å². The predicted octanol–water partition coefficient (Wildman–Crippen LogP) is 0.782. The SMILES string of the molecule is O=Cc1cnoc1CC1CCCN1. The molecule has 0 saturated carbocycles. The van der Waals surface area contributed by atoms with Crippen molar-refractivity contribution in [2.75, 3.05) is 6.54 Å². The molecule has 1 aliphatic rings. The maximum absolute atomic E-state index is 10.5. The van der Waals surface area contributed by atoms with Crippen LogP contribution in [0.5, 0.6) is 0 Å². The van der Waals surface area contributed by atoms with Gasteiger partial charge in [0.25, 0.3) is 0 Å². The topological polar surface area (TPSA) is 55.1 Å². The van der Waals surface area contributed by atoms with Crippen molar-refractivity contribution in [3.63, 3.8) is 0 Å². The van der Waals surface area contributed by atoms with E-state index >= 15 is 0 Å². The van der Waals surface area contributed by atoms with Gasteiger partial charge in [-0.25, -0.2) is 0 Å². The minimum absolute atomic E-state index is 0.451. The van der Waals surface area contributed by atoms with Gasteiger partial charge in [0, 0.05) is 12.5 Å². The van der Waals surface area contributed by atoms with Crippen LogP contribution in [0.25, 0.3) is 0 Å². The van der Waals surface area contributed by atoms with Crippen LogP contribution in [0.15, 0.2) is 10.7 Å². The van der Waals surface area contributed by atoms with Gasteiger partial charge in [-0.3, -0.25) is 4.79 Å². The van der Waals surface area contributed by atoms with E-state index in [0.29, 0.717) is 17.4 Å². The first-order valence-electron chi connectivity index (χ1n) is 4.52. The van der Waals surface area contributed by atoms with Crippen LogP contribution < -0.4 is 5.32 Å². The van der Waals surface area contributed by atoms with Crippen LogP contribution in [0.2, 0.25) is 0 Å². The Kier molecular flexibility index (Phi) is 2.40. The van der Waals surface area contributed by atoms with Crippen molar-refractivity contribution in [1.82, 2.24) is 10.5 Å². The summed E-state index contributed by atoms with van der Waals surface area (Å²) < 4.78 is 5.00. The number of aldehydes is 1. The van der Waals surface area contributed by atoms with Crippen molar-refractivity contribution in [3.8, 4) is 0 Å². The molecule has 1 aromatic heterocycles. The van der Waals surface area contributed by atoms with Crippen LogP contribution >= 0.6 is 0 Å². The van der Waals surface area contributed by atoms with Crippen molar-refractivity contribution in [1.29, 1.82) is 0 Å². The highest BCUT2D eigenvalue weighted by Gasteiger charge is 2.18. The number of nitrogens with one attached hydrogen (secondary N) is 1. The van der Waals surface area contributed by atoms with Crippen LogP contribution in [0, 0.1) is 0 Å². The predicted molar refractivity (Wildman–Crippen MR) is 46.6 cm³/mol. The molecule has 0 amide bonds. The summed E-state index contributed by atoms with van der Waals surface area (Å²) in [7, 11) is 0. The van der Waals surface area contributed by atoms with Crippen molar-refractivity contribution in [3.05, 3.63) is 17.5 Å². The molecule has 0 bridgehead atoms. The molecule has 70 valence electrons. The van der Waals surface area contributed by atoms with Crippen molar-refractivity contribution < 1.29 is 9.32 Å². The van der Waals surface area contributed by atoms with Gasteiger partial charge >= 0.3 is 0 Å².